The maximum atomic E-state index is 14.2. The van der Waals surface area contributed by atoms with E-state index in [1.807, 2.05) is 13.8 Å². The second-order valence-electron chi connectivity index (χ2n) is 16.4. The van der Waals surface area contributed by atoms with Gasteiger partial charge in [0.05, 0.1) is 11.5 Å². The topological polar surface area (TPSA) is 92.2 Å². The molecule has 1 aromatic rings. The molecule has 4 saturated carbocycles. The highest BCUT2D eigenvalue weighted by atomic mass is 19.4. The van der Waals surface area contributed by atoms with Crippen LogP contribution in [0, 0.1) is 50.7 Å². The van der Waals surface area contributed by atoms with Crippen LogP contribution in [0.3, 0.4) is 0 Å². The molecule has 5 aliphatic carbocycles. The number of aliphatic hydroxyl groups is 1. The van der Waals surface area contributed by atoms with Crippen molar-refractivity contribution in [2.45, 2.75) is 119 Å². The van der Waals surface area contributed by atoms with Crippen molar-refractivity contribution in [1.82, 2.24) is 9.97 Å². The maximum absolute atomic E-state index is 14.2. The first-order valence-corrected chi connectivity index (χ1v) is 16.5. The van der Waals surface area contributed by atoms with Gasteiger partial charge in [-0.25, -0.2) is 9.97 Å². The molecule has 0 aliphatic heterocycles. The molecule has 44 heavy (non-hydrogen) atoms. The second-order valence-corrected chi connectivity index (χ2v) is 16.4. The zero-order valence-electron chi connectivity index (χ0n) is 27.2. The zero-order chi connectivity index (χ0) is 32.3. The Kier molecular flexibility index (Phi) is 7.10. The number of aliphatic hydroxyl groups excluding tert-OH is 1. The number of hydrogen-bond acceptors (Lipinski definition) is 5. The van der Waals surface area contributed by atoms with E-state index in [-0.39, 0.29) is 57.8 Å². The normalized spacial score (nSPS) is 41.5. The van der Waals surface area contributed by atoms with Crippen molar-refractivity contribution < 1.29 is 27.9 Å². The number of fused-ring (bicyclic) bond motifs is 7. The van der Waals surface area contributed by atoms with Gasteiger partial charge in [0.1, 0.15) is 5.69 Å². The Morgan fingerprint density at radius 2 is 1.68 bits per heavy atom. The molecule has 6 nitrogen and oxygen atoms in total. The molecule has 0 spiro atoms. The van der Waals surface area contributed by atoms with Gasteiger partial charge < -0.3 is 5.11 Å². The van der Waals surface area contributed by atoms with Gasteiger partial charge in [-0.3, -0.25) is 14.9 Å². The summed E-state index contributed by atoms with van der Waals surface area (Å²) in [7, 11) is 0. The minimum absolute atomic E-state index is 0.0208. The van der Waals surface area contributed by atoms with E-state index < -0.39 is 23.2 Å². The minimum Gasteiger partial charge on any atom is -0.393 e. The quantitative estimate of drug-likeness (QED) is 0.362. The summed E-state index contributed by atoms with van der Waals surface area (Å²) >= 11 is 0. The molecule has 1 heterocycles. The Bertz CT molecular complexity index is 1420. The SMILES string of the molecule is CC(C)C1=C2[C@H]3CC[C@@H]4[C@@]5(C)CC[C@H](O)C(C)(C)[C@@H]5CC[C@@]4(C)[C@]3(C)CC[C@@]2(C(=O)Nc2nccc(C(F)(F)F)n2)CC1=O. The summed E-state index contributed by atoms with van der Waals surface area (Å²) in [6, 6.07) is 0.782. The molecule has 4 fully saturated rings. The number of carbonyl (C=O) groups is 2. The predicted octanol–water partition coefficient (Wildman–Crippen LogP) is 7.78. The third-order valence-corrected chi connectivity index (χ3v) is 14.0. The van der Waals surface area contributed by atoms with E-state index >= 15 is 0 Å². The van der Waals surface area contributed by atoms with Gasteiger partial charge in [0, 0.05) is 12.6 Å². The molecule has 0 bridgehead atoms. The lowest BCUT2D eigenvalue weighted by molar-refractivity contribution is -0.228. The van der Waals surface area contributed by atoms with E-state index in [4.69, 9.17) is 0 Å². The molecule has 2 N–H and O–H groups in total. The lowest BCUT2D eigenvalue weighted by atomic mass is 9.33. The molecular weight excluding hydrogens is 567 g/mol. The van der Waals surface area contributed by atoms with Crippen LogP contribution in [-0.4, -0.2) is 32.9 Å². The molecule has 0 radical (unpaired) electrons. The number of allylic oxidation sites excluding steroid dienone is 1. The summed E-state index contributed by atoms with van der Waals surface area (Å²) in [5.74, 6) is -0.0377. The third-order valence-electron chi connectivity index (χ3n) is 14.0. The molecule has 0 saturated heterocycles. The minimum atomic E-state index is -4.66. The number of ketones is 1. The Morgan fingerprint density at radius 3 is 2.34 bits per heavy atom. The third kappa shape index (κ3) is 4.15. The molecular formula is C35H48F3N3O3. The molecule has 1 aromatic heterocycles. The number of nitrogens with zero attached hydrogens (tertiary/aromatic N) is 2. The zero-order valence-corrected chi connectivity index (χ0v) is 27.2. The molecule has 9 heteroatoms. The van der Waals surface area contributed by atoms with Gasteiger partial charge in [0.25, 0.3) is 0 Å². The lowest BCUT2D eigenvalue weighted by Crippen LogP contribution is -2.66. The average molecular weight is 616 g/mol. The Hall–Kier alpha value is -2.29. The number of aromatic nitrogens is 2. The van der Waals surface area contributed by atoms with Crippen LogP contribution in [0.5, 0.6) is 0 Å². The van der Waals surface area contributed by atoms with Crippen molar-refractivity contribution >= 4 is 17.6 Å². The van der Waals surface area contributed by atoms with Crippen molar-refractivity contribution in [2.75, 3.05) is 5.32 Å². The molecule has 1 amide bonds. The molecule has 6 rings (SSSR count). The number of rotatable bonds is 3. The van der Waals surface area contributed by atoms with Crippen LogP contribution in [0.2, 0.25) is 0 Å². The Balaban J connectivity index is 1.40. The summed E-state index contributed by atoms with van der Waals surface area (Å²) in [5.41, 5.74) is -0.786. The van der Waals surface area contributed by atoms with Gasteiger partial charge in [-0.05, 0) is 114 Å². The van der Waals surface area contributed by atoms with Crippen molar-refractivity contribution in [1.29, 1.82) is 0 Å². The molecule has 0 aromatic carbocycles. The monoisotopic (exact) mass is 615 g/mol. The first-order valence-electron chi connectivity index (χ1n) is 16.5. The van der Waals surface area contributed by atoms with E-state index in [0.717, 1.165) is 68.4 Å². The highest BCUT2D eigenvalue weighted by molar-refractivity contribution is 6.09. The highest BCUT2D eigenvalue weighted by Crippen LogP contribution is 2.76. The van der Waals surface area contributed by atoms with Gasteiger partial charge in [-0.2, -0.15) is 13.2 Å². The number of alkyl halides is 3. The summed E-state index contributed by atoms with van der Waals surface area (Å²) in [5, 5.41) is 13.6. The number of amides is 1. The average Bonchev–Trinajstić information content (AvgIpc) is 3.24. The largest absolute Gasteiger partial charge is 0.433 e. The van der Waals surface area contributed by atoms with Crippen molar-refractivity contribution in [3.05, 3.63) is 29.1 Å². The van der Waals surface area contributed by atoms with Gasteiger partial charge in [0.15, 0.2) is 5.78 Å². The second kappa shape index (κ2) is 9.85. The van der Waals surface area contributed by atoms with Gasteiger partial charge in [-0.1, -0.05) is 48.5 Å². The summed E-state index contributed by atoms with van der Waals surface area (Å²) in [4.78, 5) is 35.5. The standard InChI is InChI=1S/C35H48F3N3O3/c1-19(2)26-21(42)18-34(28(44)41-29-39-17-12-24(40-29)35(36,37)38)16-15-32(6)20(27(26)34)8-9-23-31(5)13-11-25(43)30(3,4)22(31)10-14-33(23,32)7/h12,17,19-20,22-23,25,43H,8-11,13-16,18H2,1-7H3,(H,39,40,41,44)/t20-,22+,23-,25+,31+,32-,33-,34-/m1/s1. The van der Waals surface area contributed by atoms with Crippen LogP contribution in [-0.2, 0) is 15.8 Å². The molecule has 242 valence electrons. The summed E-state index contributed by atoms with van der Waals surface area (Å²) in [6.45, 7) is 15.8. The van der Waals surface area contributed by atoms with E-state index in [1.165, 1.54) is 0 Å². The van der Waals surface area contributed by atoms with Crippen LogP contribution >= 0.6 is 0 Å². The van der Waals surface area contributed by atoms with E-state index in [9.17, 15) is 27.9 Å². The van der Waals surface area contributed by atoms with Gasteiger partial charge >= 0.3 is 6.18 Å². The first-order chi connectivity index (χ1) is 20.3. The number of anilines is 1. The van der Waals surface area contributed by atoms with Crippen LogP contribution in [0.15, 0.2) is 23.4 Å². The van der Waals surface area contributed by atoms with E-state index in [1.54, 1.807) is 0 Å². The number of carbonyl (C=O) groups excluding carboxylic acids is 2. The maximum Gasteiger partial charge on any atom is 0.433 e. The van der Waals surface area contributed by atoms with Crippen LogP contribution in [0.4, 0.5) is 19.1 Å². The highest BCUT2D eigenvalue weighted by Gasteiger charge is 2.70. The number of nitrogens with one attached hydrogen (secondary N) is 1. The molecule has 5 aliphatic rings. The van der Waals surface area contributed by atoms with Crippen LogP contribution in [0.25, 0.3) is 0 Å². The summed E-state index contributed by atoms with van der Waals surface area (Å²) < 4.78 is 40.2. The predicted molar refractivity (Wildman–Crippen MR) is 161 cm³/mol. The fourth-order valence-electron chi connectivity index (χ4n) is 11.7. The van der Waals surface area contributed by atoms with E-state index in [2.05, 4.69) is 49.9 Å². The number of halogens is 3. The fourth-order valence-corrected chi connectivity index (χ4v) is 11.7. The molecule has 8 atom stereocenters. The van der Waals surface area contributed by atoms with E-state index in [0.29, 0.717) is 18.3 Å². The van der Waals surface area contributed by atoms with Crippen molar-refractivity contribution in [2.24, 2.45) is 50.7 Å². The number of hydrogen-bond donors (Lipinski definition) is 2. The first kappa shape index (κ1) is 31.7. The van der Waals surface area contributed by atoms with Crippen molar-refractivity contribution in [3.8, 4) is 0 Å². The fraction of sp³-hybridized carbons (Fsp3) is 0.771. The van der Waals surface area contributed by atoms with Crippen LogP contribution in [0.1, 0.15) is 112 Å². The molecule has 0 unspecified atom stereocenters. The van der Waals surface area contributed by atoms with Crippen molar-refractivity contribution in [3.63, 3.8) is 0 Å². The van der Waals surface area contributed by atoms with Gasteiger partial charge in [-0.15, -0.1) is 0 Å². The smallest absolute Gasteiger partial charge is 0.393 e. The Morgan fingerprint density at radius 1 is 0.977 bits per heavy atom. The van der Waals surface area contributed by atoms with Crippen LogP contribution < -0.4 is 5.32 Å². The summed E-state index contributed by atoms with van der Waals surface area (Å²) in [6.07, 6.45) is 3.07. The Labute approximate surface area is 259 Å². The number of Topliss-reactive ketones (excluding diaryl/α,β-unsaturated/α-hetero) is 1. The van der Waals surface area contributed by atoms with Gasteiger partial charge in [0.2, 0.25) is 11.9 Å². The lowest BCUT2D eigenvalue weighted by Gasteiger charge is -2.72.